The van der Waals surface area contributed by atoms with Gasteiger partial charge in [-0.1, -0.05) is 12.5 Å². The first kappa shape index (κ1) is 13.0. The molecule has 3 rings (SSSR count). The second-order valence-electron chi connectivity index (χ2n) is 5.58. The minimum atomic E-state index is 0.00803. The minimum absolute atomic E-state index is 0.00803. The van der Waals surface area contributed by atoms with Gasteiger partial charge in [0.05, 0.1) is 5.69 Å². The zero-order valence-electron chi connectivity index (χ0n) is 12.0. The van der Waals surface area contributed by atoms with Crippen molar-refractivity contribution in [2.24, 2.45) is 0 Å². The predicted molar refractivity (Wildman–Crippen MR) is 78.8 cm³/mol. The number of aryl methyl sites for hydroxylation is 3. The van der Waals surface area contributed by atoms with E-state index >= 15 is 0 Å². The standard InChI is InChI=1S/C16H19N3O/c1-10-8-11(2)14(17-9-10)15-18-13-7-5-3-4-6-12(13)16(20)19-15/h8-9H,3-7H2,1-2H3,(H,18,19,20). The van der Waals surface area contributed by atoms with Gasteiger partial charge in [-0.25, -0.2) is 4.98 Å². The topological polar surface area (TPSA) is 58.6 Å². The number of hydrogen-bond donors (Lipinski definition) is 1. The van der Waals surface area contributed by atoms with Crippen LogP contribution in [-0.4, -0.2) is 15.0 Å². The summed E-state index contributed by atoms with van der Waals surface area (Å²) >= 11 is 0. The highest BCUT2D eigenvalue weighted by molar-refractivity contribution is 5.55. The third kappa shape index (κ3) is 2.38. The molecule has 1 aliphatic rings. The van der Waals surface area contributed by atoms with Crippen LogP contribution in [0.5, 0.6) is 0 Å². The fourth-order valence-electron chi connectivity index (χ4n) is 2.86. The fraction of sp³-hybridized carbons (Fsp3) is 0.438. The quantitative estimate of drug-likeness (QED) is 0.810. The van der Waals surface area contributed by atoms with Crippen molar-refractivity contribution < 1.29 is 0 Å². The first-order valence-electron chi connectivity index (χ1n) is 7.21. The lowest BCUT2D eigenvalue weighted by Gasteiger charge is -2.09. The number of rotatable bonds is 1. The SMILES string of the molecule is Cc1cnc(-c2nc3c(c(=O)[nH]2)CCCCC3)c(C)c1. The summed E-state index contributed by atoms with van der Waals surface area (Å²) < 4.78 is 0. The van der Waals surface area contributed by atoms with Crippen LogP contribution in [0.1, 0.15) is 41.6 Å². The van der Waals surface area contributed by atoms with Crippen LogP contribution in [0.3, 0.4) is 0 Å². The van der Waals surface area contributed by atoms with Crippen LogP contribution in [0, 0.1) is 13.8 Å². The third-order valence-corrected chi connectivity index (χ3v) is 3.88. The van der Waals surface area contributed by atoms with Gasteiger partial charge in [0.25, 0.3) is 5.56 Å². The van der Waals surface area contributed by atoms with Crippen molar-refractivity contribution in [3.8, 4) is 11.5 Å². The van der Waals surface area contributed by atoms with Crippen LogP contribution in [0.4, 0.5) is 0 Å². The molecule has 4 nitrogen and oxygen atoms in total. The predicted octanol–water partition coefficient (Wildman–Crippen LogP) is 2.72. The number of hydrogen-bond acceptors (Lipinski definition) is 3. The summed E-state index contributed by atoms with van der Waals surface area (Å²) in [6.07, 6.45) is 6.93. The van der Waals surface area contributed by atoms with Gasteiger partial charge in [0, 0.05) is 11.8 Å². The van der Waals surface area contributed by atoms with E-state index in [0.717, 1.165) is 53.8 Å². The maximum absolute atomic E-state index is 12.3. The van der Waals surface area contributed by atoms with Gasteiger partial charge >= 0.3 is 0 Å². The van der Waals surface area contributed by atoms with E-state index in [1.54, 1.807) is 0 Å². The normalized spacial score (nSPS) is 14.7. The Hall–Kier alpha value is -1.97. The highest BCUT2D eigenvalue weighted by Crippen LogP contribution is 2.21. The van der Waals surface area contributed by atoms with Crippen LogP contribution in [0.2, 0.25) is 0 Å². The Kier molecular flexibility index (Phi) is 3.38. The second-order valence-corrected chi connectivity index (χ2v) is 5.58. The molecule has 2 heterocycles. The lowest BCUT2D eigenvalue weighted by atomic mass is 10.1. The Bertz CT molecular complexity index is 703. The van der Waals surface area contributed by atoms with Crippen molar-refractivity contribution in [3.63, 3.8) is 0 Å². The van der Waals surface area contributed by atoms with Crippen LogP contribution >= 0.6 is 0 Å². The number of aromatic amines is 1. The Morgan fingerprint density at radius 2 is 1.95 bits per heavy atom. The molecule has 2 aromatic heterocycles. The van der Waals surface area contributed by atoms with Crippen molar-refractivity contribution in [2.45, 2.75) is 46.0 Å². The molecule has 0 saturated carbocycles. The summed E-state index contributed by atoms with van der Waals surface area (Å²) in [7, 11) is 0. The molecule has 0 unspecified atom stereocenters. The highest BCUT2D eigenvalue weighted by Gasteiger charge is 2.16. The van der Waals surface area contributed by atoms with Gasteiger partial charge in [0.2, 0.25) is 0 Å². The highest BCUT2D eigenvalue weighted by atomic mass is 16.1. The van der Waals surface area contributed by atoms with E-state index in [2.05, 4.69) is 21.0 Å². The lowest BCUT2D eigenvalue weighted by molar-refractivity contribution is 0.708. The first-order valence-corrected chi connectivity index (χ1v) is 7.21. The lowest BCUT2D eigenvalue weighted by Crippen LogP contribution is -2.18. The smallest absolute Gasteiger partial charge is 0.254 e. The molecule has 2 aromatic rings. The molecular weight excluding hydrogens is 250 g/mol. The second kappa shape index (κ2) is 5.19. The number of H-pyrrole nitrogens is 1. The molecule has 0 spiro atoms. The average Bonchev–Trinajstić information content (AvgIpc) is 2.64. The monoisotopic (exact) mass is 269 g/mol. The molecule has 0 aromatic carbocycles. The molecule has 0 atom stereocenters. The van der Waals surface area contributed by atoms with Gasteiger partial charge in [0.15, 0.2) is 5.82 Å². The van der Waals surface area contributed by atoms with E-state index in [1.165, 1.54) is 6.42 Å². The Morgan fingerprint density at radius 3 is 2.75 bits per heavy atom. The molecule has 104 valence electrons. The minimum Gasteiger partial charge on any atom is -0.305 e. The zero-order chi connectivity index (χ0) is 14.1. The molecule has 0 amide bonds. The van der Waals surface area contributed by atoms with E-state index in [1.807, 2.05) is 20.0 Å². The Morgan fingerprint density at radius 1 is 1.15 bits per heavy atom. The number of fused-ring (bicyclic) bond motifs is 1. The van der Waals surface area contributed by atoms with Gasteiger partial charge in [-0.3, -0.25) is 9.78 Å². The van der Waals surface area contributed by atoms with Gasteiger partial charge in [-0.15, -0.1) is 0 Å². The van der Waals surface area contributed by atoms with Gasteiger partial charge in [-0.05, 0) is 50.7 Å². The fourth-order valence-corrected chi connectivity index (χ4v) is 2.86. The van der Waals surface area contributed by atoms with Crippen LogP contribution < -0.4 is 5.56 Å². The van der Waals surface area contributed by atoms with E-state index in [9.17, 15) is 4.79 Å². The largest absolute Gasteiger partial charge is 0.305 e. The third-order valence-electron chi connectivity index (χ3n) is 3.88. The number of nitrogens with zero attached hydrogens (tertiary/aromatic N) is 2. The number of aromatic nitrogens is 3. The molecular formula is C16H19N3O. The molecule has 0 saturated heterocycles. The van der Waals surface area contributed by atoms with Crippen LogP contribution in [0.25, 0.3) is 11.5 Å². The van der Waals surface area contributed by atoms with E-state index in [-0.39, 0.29) is 5.56 Å². The van der Waals surface area contributed by atoms with E-state index in [4.69, 9.17) is 0 Å². The van der Waals surface area contributed by atoms with Crippen LogP contribution in [-0.2, 0) is 12.8 Å². The van der Waals surface area contributed by atoms with Crippen molar-refractivity contribution in [1.82, 2.24) is 15.0 Å². The molecule has 0 bridgehead atoms. The first-order chi connectivity index (χ1) is 9.65. The summed E-state index contributed by atoms with van der Waals surface area (Å²) in [5.41, 5.74) is 4.78. The molecule has 1 aliphatic carbocycles. The Labute approximate surface area is 118 Å². The van der Waals surface area contributed by atoms with Crippen molar-refractivity contribution >= 4 is 0 Å². The average molecular weight is 269 g/mol. The summed E-state index contributed by atoms with van der Waals surface area (Å²) in [5.74, 6) is 0.605. The summed E-state index contributed by atoms with van der Waals surface area (Å²) in [6.45, 7) is 4.01. The van der Waals surface area contributed by atoms with Crippen molar-refractivity contribution in [2.75, 3.05) is 0 Å². The number of pyridine rings is 1. The summed E-state index contributed by atoms with van der Waals surface area (Å²) in [5, 5.41) is 0. The Balaban J connectivity index is 2.13. The van der Waals surface area contributed by atoms with Crippen molar-refractivity contribution in [3.05, 3.63) is 45.0 Å². The van der Waals surface area contributed by atoms with E-state index < -0.39 is 0 Å². The van der Waals surface area contributed by atoms with Crippen LogP contribution in [0.15, 0.2) is 17.1 Å². The molecule has 0 fully saturated rings. The molecule has 0 aliphatic heterocycles. The molecule has 20 heavy (non-hydrogen) atoms. The van der Waals surface area contributed by atoms with E-state index in [0.29, 0.717) is 5.82 Å². The molecule has 1 N–H and O–H groups in total. The summed E-state index contributed by atoms with van der Waals surface area (Å²) in [4.78, 5) is 24.3. The van der Waals surface area contributed by atoms with Gasteiger partial charge in [-0.2, -0.15) is 0 Å². The maximum atomic E-state index is 12.3. The summed E-state index contributed by atoms with van der Waals surface area (Å²) in [6, 6.07) is 2.06. The van der Waals surface area contributed by atoms with Gasteiger partial charge < -0.3 is 4.98 Å². The van der Waals surface area contributed by atoms with Gasteiger partial charge in [0.1, 0.15) is 5.69 Å². The van der Waals surface area contributed by atoms with Crippen molar-refractivity contribution in [1.29, 1.82) is 0 Å². The molecule has 4 heteroatoms. The maximum Gasteiger partial charge on any atom is 0.254 e. The zero-order valence-corrected chi connectivity index (χ0v) is 12.0. The molecule has 0 radical (unpaired) electrons. The number of nitrogens with one attached hydrogen (secondary N) is 1.